The quantitative estimate of drug-likeness (QED) is 0.351. The van der Waals surface area contributed by atoms with Crippen LogP contribution >= 0.6 is 11.8 Å². The van der Waals surface area contributed by atoms with Gasteiger partial charge in [-0.3, -0.25) is 14.3 Å². The fourth-order valence-corrected chi connectivity index (χ4v) is 3.97. The number of ether oxygens (including phenoxy) is 1. The first-order valence-electron chi connectivity index (χ1n) is 10.1. The van der Waals surface area contributed by atoms with Gasteiger partial charge < -0.3 is 4.74 Å². The van der Waals surface area contributed by atoms with Gasteiger partial charge >= 0.3 is 0 Å². The molecule has 0 spiro atoms. The van der Waals surface area contributed by atoms with Crippen LogP contribution in [0.3, 0.4) is 0 Å². The lowest BCUT2D eigenvalue weighted by Crippen LogP contribution is -2.21. The SMILES string of the molecule is CCOc1ccc(C(=O)[C@@H](C)Sc2nnc([C@@H](C)N(C)C)n2-c2ccc(F)cc2)cc1. The number of aromatic nitrogens is 3. The summed E-state index contributed by atoms with van der Waals surface area (Å²) in [5.41, 5.74) is 1.36. The Bertz CT molecular complexity index is 1020. The van der Waals surface area contributed by atoms with Gasteiger partial charge in [0.25, 0.3) is 0 Å². The smallest absolute Gasteiger partial charge is 0.196 e. The highest BCUT2D eigenvalue weighted by molar-refractivity contribution is 8.00. The summed E-state index contributed by atoms with van der Waals surface area (Å²) in [7, 11) is 3.92. The summed E-state index contributed by atoms with van der Waals surface area (Å²) in [5, 5.41) is 8.94. The standard InChI is InChI=1S/C23H27FN4O2S/c1-6-30-20-13-7-17(8-14-20)21(29)16(3)31-23-26-25-22(15(2)27(4)5)28(23)19-11-9-18(24)10-12-19/h7-16H,6H2,1-5H3/t15-,16-/m1/s1. The van der Waals surface area contributed by atoms with Gasteiger partial charge in [0.05, 0.1) is 17.9 Å². The summed E-state index contributed by atoms with van der Waals surface area (Å²) in [5.74, 6) is 1.13. The Morgan fingerprint density at radius 2 is 1.74 bits per heavy atom. The fraction of sp³-hybridized carbons (Fsp3) is 0.348. The molecule has 3 rings (SSSR count). The van der Waals surface area contributed by atoms with Crippen molar-refractivity contribution in [1.29, 1.82) is 0 Å². The van der Waals surface area contributed by atoms with E-state index in [1.165, 1.54) is 23.9 Å². The van der Waals surface area contributed by atoms with Crippen LogP contribution in [0.2, 0.25) is 0 Å². The molecule has 164 valence electrons. The first-order chi connectivity index (χ1) is 14.8. The predicted octanol–water partition coefficient (Wildman–Crippen LogP) is 4.79. The third kappa shape index (κ3) is 5.32. The molecule has 2 aromatic carbocycles. The van der Waals surface area contributed by atoms with Gasteiger partial charge in [-0.1, -0.05) is 11.8 Å². The molecule has 31 heavy (non-hydrogen) atoms. The van der Waals surface area contributed by atoms with E-state index in [1.807, 2.05) is 44.3 Å². The maximum absolute atomic E-state index is 13.5. The summed E-state index contributed by atoms with van der Waals surface area (Å²) in [4.78, 5) is 15.0. The van der Waals surface area contributed by atoms with Crippen molar-refractivity contribution < 1.29 is 13.9 Å². The van der Waals surface area contributed by atoms with Crippen LogP contribution in [0.25, 0.3) is 5.69 Å². The molecule has 0 saturated heterocycles. The molecule has 0 aliphatic carbocycles. The molecule has 0 radical (unpaired) electrons. The zero-order valence-corrected chi connectivity index (χ0v) is 19.2. The fourth-order valence-electron chi connectivity index (χ4n) is 3.02. The first kappa shape index (κ1) is 23.0. The van der Waals surface area contributed by atoms with Crippen molar-refractivity contribution in [2.75, 3.05) is 20.7 Å². The van der Waals surface area contributed by atoms with E-state index in [0.29, 0.717) is 17.3 Å². The number of Topliss-reactive ketones (excluding diaryl/α,β-unsaturated/α-hetero) is 1. The normalized spacial score (nSPS) is 13.3. The summed E-state index contributed by atoms with van der Waals surface area (Å²) in [6, 6.07) is 13.3. The van der Waals surface area contributed by atoms with Crippen molar-refractivity contribution in [3.63, 3.8) is 0 Å². The van der Waals surface area contributed by atoms with Crippen LogP contribution in [0.4, 0.5) is 4.39 Å². The third-order valence-corrected chi connectivity index (χ3v) is 6.04. The molecule has 3 aromatic rings. The monoisotopic (exact) mass is 442 g/mol. The second kappa shape index (κ2) is 10.1. The van der Waals surface area contributed by atoms with Crippen LogP contribution in [0.15, 0.2) is 53.7 Å². The van der Waals surface area contributed by atoms with E-state index in [1.54, 1.807) is 36.4 Å². The van der Waals surface area contributed by atoms with Gasteiger partial charge in [0.2, 0.25) is 0 Å². The van der Waals surface area contributed by atoms with E-state index >= 15 is 0 Å². The Balaban J connectivity index is 1.89. The molecule has 0 amide bonds. The number of carbonyl (C=O) groups is 1. The lowest BCUT2D eigenvalue weighted by atomic mass is 10.1. The van der Waals surface area contributed by atoms with Crippen molar-refractivity contribution in [1.82, 2.24) is 19.7 Å². The molecule has 0 N–H and O–H groups in total. The van der Waals surface area contributed by atoms with Crippen LogP contribution < -0.4 is 4.74 Å². The lowest BCUT2D eigenvalue weighted by molar-refractivity contribution is 0.0994. The van der Waals surface area contributed by atoms with E-state index in [-0.39, 0.29) is 22.9 Å². The Hall–Kier alpha value is -2.71. The van der Waals surface area contributed by atoms with Gasteiger partial charge in [0.15, 0.2) is 16.8 Å². The minimum absolute atomic E-state index is 0.0103. The Kier molecular flexibility index (Phi) is 7.46. The number of hydrogen-bond acceptors (Lipinski definition) is 6. The van der Waals surface area contributed by atoms with Crippen molar-refractivity contribution >= 4 is 17.5 Å². The number of ketones is 1. The number of hydrogen-bond donors (Lipinski definition) is 0. The summed E-state index contributed by atoms with van der Waals surface area (Å²) < 4.78 is 20.8. The molecular formula is C23H27FN4O2S. The first-order valence-corrected chi connectivity index (χ1v) is 11.0. The Morgan fingerprint density at radius 1 is 1.10 bits per heavy atom. The maximum atomic E-state index is 13.5. The number of halogens is 1. The van der Waals surface area contributed by atoms with E-state index < -0.39 is 0 Å². The van der Waals surface area contributed by atoms with Gasteiger partial charge in [-0.2, -0.15) is 0 Å². The molecule has 0 fully saturated rings. The van der Waals surface area contributed by atoms with Gasteiger partial charge in [0.1, 0.15) is 11.6 Å². The van der Waals surface area contributed by atoms with E-state index in [2.05, 4.69) is 10.2 Å². The summed E-state index contributed by atoms with van der Waals surface area (Å²) in [6.45, 7) is 6.36. The third-order valence-electron chi connectivity index (χ3n) is 4.99. The molecule has 1 heterocycles. The second-order valence-corrected chi connectivity index (χ2v) is 8.68. The molecule has 0 aliphatic heterocycles. The largest absolute Gasteiger partial charge is 0.494 e. The predicted molar refractivity (Wildman–Crippen MR) is 121 cm³/mol. The molecule has 0 aliphatic rings. The molecule has 8 heteroatoms. The highest BCUT2D eigenvalue weighted by Crippen LogP contribution is 2.30. The molecular weight excluding hydrogens is 415 g/mol. The van der Waals surface area contributed by atoms with E-state index in [0.717, 1.165) is 17.3 Å². The topological polar surface area (TPSA) is 60.2 Å². The van der Waals surface area contributed by atoms with Gasteiger partial charge in [-0.25, -0.2) is 4.39 Å². The van der Waals surface area contributed by atoms with Crippen LogP contribution in [0.5, 0.6) is 5.75 Å². The number of thioether (sulfide) groups is 1. The van der Waals surface area contributed by atoms with Gasteiger partial charge in [-0.05, 0) is 83.4 Å². The van der Waals surface area contributed by atoms with Crippen molar-refractivity contribution in [3.8, 4) is 11.4 Å². The lowest BCUT2D eigenvalue weighted by Gasteiger charge is -2.21. The van der Waals surface area contributed by atoms with E-state index in [4.69, 9.17) is 4.74 Å². The van der Waals surface area contributed by atoms with Crippen molar-refractivity contribution in [3.05, 3.63) is 65.7 Å². The van der Waals surface area contributed by atoms with Gasteiger partial charge in [-0.15, -0.1) is 10.2 Å². The van der Waals surface area contributed by atoms with E-state index in [9.17, 15) is 9.18 Å². The second-order valence-electron chi connectivity index (χ2n) is 7.37. The Labute approximate surface area is 186 Å². The van der Waals surface area contributed by atoms with Crippen molar-refractivity contribution in [2.24, 2.45) is 0 Å². The molecule has 0 bridgehead atoms. The number of rotatable bonds is 9. The molecule has 0 unspecified atom stereocenters. The van der Waals surface area contributed by atoms with Crippen LogP contribution in [-0.4, -0.2) is 51.4 Å². The summed E-state index contributed by atoms with van der Waals surface area (Å²) in [6.07, 6.45) is 0. The Morgan fingerprint density at radius 3 is 2.32 bits per heavy atom. The highest BCUT2D eigenvalue weighted by Gasteiger charge is 2.25. The van der Waals surface area contributed by atoms with Crippen molar-refractivity contribution in [2.45, 2.75) is 37.2 Å². The zero-order chi connectivity index (χ0) is 22.5. The van der Waals surface area contributed by atoms with Crippen LogP contribution in [-0.2, 0) is 0 Å². The summed E-state index contributed by atoms with van der Waals surface area (Å²) >= 11 is 1.33. The minimum atomic E-state index is -0.385. The molecule has 2 atom stereocenters. The number of carbonyl (C=O) groups excluding carboxylic acids is 1. The minimum Gasteiger partial charge on any atom is -0.494 e. The number of nitrogens with zero attached hydrogens (tertiary/aromatic N) is 4. The van der Waals surface area contributed by atoms with Crippen LogP contribution in [0, 0.1) is 5.82 Å². The molecule has 1 aromatic heterocycles. The van der Waals surface area contributed by atoms with Crippen LogP contribution in [0.1, 0.15) is 43.0 Å². The molecule has 0 saturated carbocycles. The average molecular weight is 443 g/mol. The number of benzene rings is 2. The average Bonchev–Trinajstić information content (AvgIpc) is 3.17. The zero-order valence-electron chi connectivity index (χ0n) is 18.4. The highest BCUT2D eigenvalue weighted by atomic mass is 32.2. The van der Waals surface area contributed by atoms with Gasteiger partial charge in [0, 0.05) is 11.3 Å². The molecule has 6 nitrogen and oxygen atoms in total. The maximum Gasteiger partial charge on any atom is 0.196 e.